The van der Waals surface area contributed by atoms with Gasteiger partial charge in [0.15, 0.2) is 5.78 Å². The number of hydrogen-bond donors (Lipinski definition) is 0. The molecule has 0 saturated carbocycles. The maximum atomic E-state index is 12.4. The third kappa shape index (κ3) is 4.33. The van der Waals surface area contributed by atoms with Gasteiger partial charge in [-0.05, 0) is 42.0 Å². The maximum Gasteiger partial charge on any atom is 0.313 e. The second-order valence-corrected chi connectivity index (χ2v) is 5.42. The fourth-order valence-corrected chi connectivity index (χ4v) is 2.38. The average Bonchev–Trinajstić information content (AvgIpc) is 2.59. The minimum Gasteiger partial charge on any atom is -0.497 e. The highest BCUT2D eigenvalue weighted by Gasteiger charge is 2.25. The number of carbonyl (C=O) groups excluding carboxylic acids is 2. The molecule has 23 heavy (non-hydrogen) atoms. The van der Waals surface area contributed by atoms with Gasteiger partial charge in [0, 0.05) is 17.0 Å². The number of ketones is 1. The number of Topliss-reactive ketones (excluding diaryl/α,β-unsaturated/α-hetero) is 1. The van der Waals surface area contributed by atoms with E-state index in [1.54, 1.807) is 55.6 Å². The van der Waals surface area contributed by atoms with Crippen molar-refractivity contribution in [1.82, 2.24) is 0 Å². The number of esters is 1. The summed E-state index contributed by atoms with van der Waals surface area (Å²) >= 11 is 5.87. The van der Waals surface area contributed by atoms with Gasteiger partial charge in [0.1, 0.15) is 5.75 Å². The number of halogens is 1. The Labute approximate surface area is 140 Å². The Hall–Kier alpha value is -2.33. The highest BCUT2D eigenvalue weighted by atomic mass is 35.5. The highest BCUT2D eigenvalue weighted by Crippen LogP contribution is 2.25. The number of rotatable bonds is 6. The number of methoxy groups -OCH3 is 2. The first kappa shape index (κ1) is 17.0. The summed E-state index contributed by atoms with van der Waals surface area (Å²) in [6.45, 7) is 0. The topological polar surface area (TPSA) is 52.6 Å². The van der Waals surface area contributed by atoms with Crippen LogP contribution < -0.4 is 4.74 Å². The molecule has 2 aromatic rings. The van der Waals surface area contributed by atoms with Gasteiger partial charge < -0.3 is 9.47 Å². The Kier molecular flexibility index (Phi) is 5.77. The van der Waals surface area contributed by atoms with E-state index >= 15 is 0 Å². The molecule has 0 N–H and O–H groups in total. The second kappa shape index (κ2) is 7.79. The van der Waals surface area contributed by atoms with E-state index < -0.39 is 11.9 Å². The standard InChI is InChI=1S/C18H17ClO4/c1-22-15-9-5-13(6-10-15)17(20)11-16(18(21)23-2)12-3-7-14(19)8-4-12/h3-10,16H,11H2,1-2H3/t16-/m1/s1. The summed E-state index contributed by atoms with van der Waals surface area (Å²) in [7, 11) is 2.87. The molecule has 0 radical (unpaired) electrons. The van der Waals surface area contributed by atoms with Gasteiger partial charge in [-0.15, -0.1) is 0 Å². The zero-order valence-corrected chi connectivity index (χ0v) is 13.7. The molecule has 5 heteroatoms. The molecule has 0 aliphatic heterocycles. The molecule has 120 valence electrons. The number of hydrogen-bond acceptors (Lipinski definition) is 4. The second-order valence-electron chi connectivity index (χ2n) is 4.98. The van der Waals surface area contributed by atoms with Crippen LogP contribution in [0.25, 0.3) is 0 Å². The van der Waals surface area contributed by atoms with E-state index in [0.717, 1.165) is 0 Å². The summed E-state index contributed by atoms with van der Waals surface area (Å²) in [5.41, 5.74) is 1.22. The van der Waals surface area contributed by atoms with Crippen molar-refractivity contribution in [2.75, 3.05) is 14.2 Å². The Morgan fingerprint density at radius 3 is 2.13 bits per heavy atom. The molecular weight excluding hydrogens is 316 g/mol. The van der Waals surface area contributed by atoms with Gasteiger partial charge in [0.2, 0.25) is 0 Å². The molecule has 2 aromatic carbocycles. The predicted octanol–water partition coefficient (Wildman–Crippen LogP) is 3.88. The molecular formula is C18H17ClO4. The average molecular weight is 333 g/mol. The minimum absolute atomic E-state index is 0.0284. The van der Waals surface area contributed by atoms with Crippen LogP contribution in [0.3, 0.4) is 0 Å². The van der Waals surface area contributed by atoms with Crippen molar-refractivity contribution in [3.05, 3.63) is 64.7 Å². The first-order valence-electron chi connectivity index (χ1n) is 7.05. The molecule has 0 aliphatic carbocycles. The summed E-state index contributed by atoms with van der Waals surface area (Å²) < 4.78 is 9.89. The van der Waals surface area contributed by atoms with E-state index in [1.807, 2.05) is 0 Å². The number of benzene rings is 2. The normalized spacial score (nSPS) is 11.6. The molecule has 0 saturated heterocycles. The van der Waals surface area contributed by atoms with Gasteiger partial charge in [-0.25, -0.2) is 0 Å². The van der Waals surface area contributed by atoms with Crippen LogP contribution in [-0.4, -0.2) is 26.0 Å². The smallest absolute Gasteiger partial charge is 0.313 e. The van der Waals surface area contributed by atoms with Gasteiger partial charge in [-0.2, -0.15) is 0 Å². The zero-order valence-electron chi connectivity index (χ0n) is 12.9. The summed E-state index contributed by atoms with van der Waals surface area (Å²) in [6, 6.07) is 13.6. The molecule has 0 spiro atoms. The number of ether oxygens (including phenoxy) is 2. The summed E-state index contributed by atoms with van der Waals surface area (Å²) in [6.07, 6.45) is 0.0284. The van der Waals surface area contributed by atoms with E-state index in [0.29, 0.717) is 21.9 Å². The molecule has 4 nitrogen and oxygen atoms in total. The zero-order chi connectivity index (χ0) is 16.8. The molecule has 2 rings (SSSR count). The van der Waals surface area contributed by atoms with Crippen LogP contribution in [-0.2, 0) is 9.53 Å². The van der Waals surface area contributed by atoms with Crippen LogP contribution in [0.1, 0.15) is 28.3 Å². The fraction of sp³-hybridized carbons (Fsp3) is 0.222. The van der Waals surface area contributed by atoms with E-state index in [1.165, 1.54) is 7.11 Å². The van der Waals surface area contributed by atoms with Crippen molar-refractivity contribution < 1.29 is 19.1 Å². The lowest BCUT2D eigenvalue weighted by atomic mass is 9.91. The molecule has 0 amide bonds. The largest absolute Gasteiger partial charge is 0.497 e. The number of carbonyl (C=O) groups is 2. The quantitative estimate of drug-likeness (QED) is 0.595. The lowest BCUT2D eigenvalue weighted by Gasteiger charge is -2.14. The fourth-order valence-electron chi connectivity index (χ4n) is 2.25. The van der Waals surface area contributed by atoms with E-state index in [4.69, 9.17) is 21.1 Å². The molecule has 0 fully saturated rings. The summed E-state index contributed by atoms with van der Waals surface area (Å²) in [4.78, 5) is 24.5. The molecule has 0 unspecified atom stereocenters. The molecule has 0 bridgehead atoms. The maximum absolute atomic E-state index is 12.4. The molecule has 0 heterocycles. The van der Waals surface area contributed by atoms with Crippen LogP contribution in [0, 0.1) is 0 Å². The van der Waals surface area contributed by atoms with Gasteiger partial charge >= 0.3 is 5.97 Å². The Morgan fingerprint density at radius 2 is 1.61 bits per heavy atom. The van der Waals surface area contributed by atoms with E-state index in [-0.39, 0.29) is 12.2 Å². The third-order valence-electron chi connectivity index (χ3n) is 3.56. The van der Waals surface area contributed by atoms with Gasteiger partial charge in [0.25, 0.3) is 0 Å². The lowest BCUT2D eigenvalue weighted by molar-refractivity contribution is -0.142. The van der Waals surface area contributed by atoms with Gasteiger partial charge in [-0.3, -0.25) is 9.59 Å². The van der Waals surface area contributed by atoms with Crippen LogP contribution in [0.15, 0.2) is 48.5 Å². The van der Waals surface area contributed by atoms with Crippen molar-refractivity contribution in [3.8, 4) is 5.75 Å². The van der Waals surface area contributed by atoms with Crippen molar-refractivity contribution in [3.63, 3.8) is 0 Å². The van der Waals surface area contributed by atoms with Crippen molar-refractivity contribution in [2.45, 2.75) is 12.3 Å². The SMILES string of the molecule is COC(=O)[C@H](CC(=O)c1ccc(OC)cc1)c1ccc(Cl)cc1. The van der Waals surface area contributed by atoms with Gasteiger partial charge in [0.05, 0.1) is 20.1 Å². The van der Waals surface area contributed by atoms with Crippen LogP contribution in [0.2, 0.25) is 5.02 Å². The third-order valence-corrected chi connectivity index (χ3v) is 3.81. The van der Waals surface area contributed by atoms with Crippen molar-refractivity contribution in [2.24, 2.45) is 0 Å². The van der Waals surface area contributed by atoms with Crippen molar-refractivity contribution in [1.29, 1.82) is 0 Å². The molecule has 1 atom stereocenters. The molecule has 0 aromatic heterocycles. The molecule has 0 aliphatic rings. The van der Waals surface area contributed by atoms with Crippen LogP contribution in [0.5, 0.6) is 5.75 Å². The first-order chi connectivity index (χ1) is 11.0. The predicted molar refractivity (Wildman–Crippen MR) is 88.2 cm³/mol. The Balaban J connectivity index is 2.21. The van der Waals surface area contributed by atoms with E-state index in [2.05, 4.69) is 0 Å². The van der Waals surface area contributed by atoms with Crippen LogP contribution >= 0.6 is 11.6 Å². The lowest BCUT2D eigenvalue weighted by Crippen LogP contribution is -2.18. The summed E-state index contributed by atoms with van der Waals surface area (Å²) in [5, 5.41) is 0.568. The van der Waals surface area contributed by atoms with Crippen LogP contribution in [0.4, 0.5) is 0 Å². The van der Waals surface area contributed by atoms with Crippen molar-refractivity contribution >= 4 is 23.4 Å². The van der Waals surface area contributed by atoms with Gasteiger partial charge in [-0.1, -0.05) is 23.7 Å². The first-order valence-corrected chi connectivity index (χ1v) is 7.43. The highest BCUT2D eigenvalue weighted by molar-refractivity contribution is 6.30. The monoisotopic (exact) mass is 332 g/mol. The minimum atomic E-state index is -0.660. The van der Waals surface area contributed by atoms with E-state index in [9.17, 15) is 9.59 Å². The Bertz CT molecular complexity index is 677. The summed E-state index contributed by atoms with van der Waals surface area (Å²) in [5.74, 6) is -0.581. The Morgan fingerprint density at radius 1 is 1.00 bits per heavy atom.